The Morgan fingerprint density at radius 1 is 1.19 bits per heavy atom. The number of hydrogen-bond donors (Lipinski definition) is 0. The van der Waals surface area contributed by atoms with Crippen molar-refractivity contribution in [3.63, 3.8) is 0 Å². The zero-order chi connectivity index (χ0) is 21.8. The van der Waals surface area contributed by atoms with Crippen LogP contribution in [0.15, 0.2) is 28.8 Å². The van der Waals surface area contributed by atoms with E-state index in [1.54, 1.807) is 11.9 Å². The molecule has 7 nitrogen and oxygen atoms in total. The number of allylic oxidation sites excluding steroid dienone is 1. The molecule has 0 aromatic carbocycles. The second-order valence-electron chi connectivity index (χ2n) is 8.59. The van der Waals surface area contributed by atoms with Gasteiger partial charge in [-0.25, -0.2) is 9.78 Å². The minimum atomic E-state index is -0.332. The maximum atomic E-state index is 12.3. The molecule has 2 heterocycles. The Morgan fingerprint density at radius 3 is 2.74 bits per heavy atom. The van der Waals surface area contributed by atoms with Crippen LogP contribution in [0.25, 0.3) is 11.5 Å². The summed E-state index contributed by atoms with van der Waals surface area (Å²) in [4.78, 5) is 18.6. The van der Waals surface area contributed by atoms with Gasteiger partial charge in [0, 0.05) is 20.0 Å². The maximum absolute atomic E-state index is 12.3. The van der Waals surface area contributed by atoms with E-state index in [-0.39, 0.29) is 18.8 Å². The van der Waals surface area contributed by atoms with Crippen molar-refractivity contribution in [2.45, 2.75) is 65.1 Å². The molecule has 0 spiro atoms. The molecular formula is C24H31N3O4. The summed E-state index contributed by atoms with van der Waals surface area (Å²) in [6.45, 7) is 4.59. The van der Waals surface area contributed by atoms with Gasteiger partial charge in [0.05, 0.1) is 17.0 Å². The number of pyridine rings is 1. The van der Waals surface area contributed by atoms with Crippen molar-refractivity contribution in [3.05, 3.63) is 41.2 Å². The van der Waals surface area contributed by atoms with Gasteiger partial charge in [-0.2, -0.15) is 0 Å². The Hall–Kier alpha value is -2.83. The molecular weight excluding hydrogens is 394 g/mol. The fourth-order valence-corrected chi connectivity index (χ4v) is 3.73. The number of carbonyl (C=O) groups excluding carboxylic acids is 1. The zero-order valence-corrected chi connectivity index (χ0v) is 18.6. The fraction of sp³-hybridized carbons (Fsp3) is 0.542. The SMILES string of the molecule is Cc1nc(-c2onc(C)c2COC(=O)N(C)CCC2CC2)ccc1OC1CC=CCC1. The maximum Gasteiger partial charge on any atom is 0.409 e. The predicted octanol–water partition coefficient (Wildman–Crippen LogP) is 5.21. The fourth-order valence-electron chi connectivity index (χ4n) is 3.73. The molecule has 0 saturated heterocycles. The summed E-state index contributed by atoms with van der Waals surface area (Å²) in [5.74, 6) is 2.09. The van der Waals surface area contributed by atoms with Crippen molar-refractivity contribution in [1.29, 1.82) is 0 Å². The Kier molecular flexibility index (Phi) is 6.59. The van der Waals surface area contributed by atoms with Crippen LogP contribution in [-0.2, 0) is 11.3 Å². The van der Waals surface area contributed by atoms with E-state index >= 15 is 0 Å². The highest BCUT2D eigenvalue weighted by atomic mass is 16.6. The van der Waals surface area contributed by atoms with Crippen molar-refractivity contribution < 1.29 is 18.8 Å². The third kappa shape index (κ3) is 5.46. The van der Waals surface area contributed by atoms with E-state index in [9.17, 15) is 4.79 Å². The Morgan fingerprint density at radius 2 is 2.03 bits per heavy atom. The van der Waals surface area contributed by atoms with E-state index in [0.29, 0.717) is 17.1 Å². The van der Waals surface area contributed by atoms with Crippen LogP contribution < -0.4 is 4.74 Å². The first-order chi connectivity index (χ1) is 15.0. The first-order valence-electron chi connectivity index (χ1n) is 11.1. The number of aryl methyl sites for hydroxylation is 2. The Balaban J connectivity index is 1.41. The molecule has 0 aliphatic heterocycles. The van der Waals surface area contributed by atoms with Gasteiger partial charge in [-0.3, -0.25) is 0 Å². The summed E-state index contributed by atoms with van der Waals surface area (Å²) in [7, 11) is 1.78. The summed E-state index contributed by atoms with van der Waals surface area (Å²) in [5, 5.41) is 4.07. The van der Waals surface area contributed by atoms with Gasteiger partial charge >= 0.3 is 6.09 Å². The number of rotatable bonds is 8. The summed E-state index contributed by atoms with van der Waals surface area (Å²) in [5.41, 5.74) is 2.88. The number of ether oxygens (including phenoxy) is 2. The van der Waals surface area contributed by atoms with Gasteiger partial charge in [0.15, 0.2) is 5.76 Å². The average molecular weight is 426 g/mol. The van der Waals surface area contributed by atoms with Gasteiger partial charge in [-0.15, -0.1) is 0 Å². The first-order valence-corrected chi connectivity index (χ1v) is 11.1. The second kappa shape index (κ2) is 9.54. The zero-order valence-electron chi connectivity index (χ0n) is 18.6. The lowest BCUT2D eigenvalue weighted by molar-refractivity contribution is 0.104. The van der Waals surface area contributed by atoms with Gasteiger partial charge in [0.2, 0.25) is 0 Å². The van der Waals surface area contributed by atoms with Gasteiger partial charge < -0.3 is 18.9 Å². The molecule has 0 bridgehead atoms. The molecule has 0 N–H and O–H groups in total. The summed E-state index contributed by atoms with van der Waals surface area (Å²) >= 11 is 0. The average Bonchev–Trinajstić information content (AvgIpc) is 3.54. The summed E-state index contributed by atoms with van der Waals surface area (Å²) in [6.07, 6.45) is 10.8. The van der Waals surface area contributed by atoms with E-state index in [2.05, 4.69) is 22.3 Å². The molecule has 2 aromatic rings. The Bertz CT molecular complexity index is 948. The first kappa shape index (κ1) is 21.4. The third-order valence-corrected chi connectivity index (χ3v) is 5.99. The van der Waals surface area contributed by atoms with Gasteiger partial charge in [-0.05, 0) is 51.2 Å². The van der Waals surface area contributed by atoms with Crippen LogP contribution in [0, 0.1) is 19.8 Å². The summed E-state index contributed by atoms with van der Waals surface area (Å²) < 4.78 is 17.2. The molecule has 2 aliphatic rings. The van der Waals surface area contributed by atoms with E-state index in [1.165, 1.54) is 12.8 Å². The molecule has 1 atom stereocenters. The van der Waals surface area contributed by atoms with Crippen molar-refractivity contribution in [2.75, 3.05) is 13.6 Å². The highest BCUT2D eigenvalue weighted by molar-refractivity contribution is 5.67. The van der Waals surface area contributed by atoms with Crippen LogP contribution >= 0.6 is 0 Å². The molecule has 166 valence electrons. The van der Waals surface area contributed by atoms with E-state index in [4.69, 9.17) is 14.0 Å². The van der Waals surface area contributed by atoms with E-state index < -0.39 is 0 Å². The number of nitrogens with zero attached hydrogens (tertiary/aromatic N) is 3. The third-order valence-electron chi connectivity index (χ3n) is 5.99. The minimum Gasteiger partial charge on any atom is -0.488 e. The topological polar surface area (TPSA) is 77.7 Å². The molecule has 2 aromatic heterocycles. The molecule has 1 unspecified atom stereocenters. The molecule has 2 aliphatic carbocycles. The quantitative estimate of drug-likeness (QED) is 0.540. The van der Waals surface area contributed by atoms with Crippen molar-refractivity contribution in [1.82, 2.24) is 15.0 Å². The van der Waals surface area contributed by atoms with Crippen LogP contribution in [-0.4, -0.2) is 40.8 Å². The highest BCUT2D eigenvalue weighted by Gasteiger charge is 2.24. The lowest BCUT2D eigenvalue weighted by Crippen LogP contribution is -2.28. The lowest BCUT2D eigenvalue weighted by atomic mass is 10.0. The van der Waals surface area contributed by atoms with E-state index in [1.807, 2.05) is 26.0 Å². The van der Waals surface area contributed by atoms with Crippen molar-refractivity contribution in [2.24, 2.45) is 5.92 Å². The van der Waals surface area contributed by atoms with Crippen molar-refractivity contribution in [3.8, 4) is 17.2 Å². The van der Waals surface area contributed by atoms with Crippen LogP contribution in [0.4, 0.5) is 4.79 Å². The van der Waals surface area contributed by atoms with Gasteiger partial charge in [-0.1, -0.05) is 30.2 Å². The standard InChI is InChI=1S/C24H31N3O4/c1-16-20(15-29-24(28)27(3)14-13-18-9-10-18)23(31-26-16)21-11-12-22(17(2)25-21)30-19-7-5-4-6-8-19/h4-5,11-12,18-19H,6-10,13-15H2,1-3H3. The van der Waals surface area contributed by atoms with Crippen molar-refractivity contribution >= 4 is 6.09 Å². The highest BCUT2D eigenvalue weighted by Crippen LogP contribution is 2.32. The molecule has 31 heavy (non-hydrogen) atoms. The second-order valence-corrected chi connectivity index (χ2v) is 8.59. The summed E-state index contributed by atoms with van der Waals surface area (Å²) in [6, 6.07) is 3.79. The van der Waals surface area contributed by atoms with Crippen LogP contribution in [0.3, 0.4) is 0 Å². The molecule has 4 rings (SSSR count). The largest absolute Gasteiger partial charge is 0.488 e. The Labute approximate surface area is 183 Å². The number of amides is 1. The van der Waals surface area contributed by atoms with Crippen LogP contribution in [0.1, 0.15) is 55.5 Å². The van der Waals surface area contributed by atoms with Crippen LogP contribution in [0.2, 0.25) is 0 Å². The normalized spacial score (nSPS) is 18.1. The smallest absolute Gasteiger partial charge is 0.409 e. The van der Waals surface area contributed by atoms with E-state index in [0.717, 1.165) is 55.2 Å². The molecule has 7 heteroatoms. The monoisotopic (exact) mass is 425 g/mol. The predicted molar refractivity (Wildman–Crippen MR) is 117 cm³/mol. The molecule has 0 radical (unpaired) electrons. The number of hydrogen-bond acceptors (Lipinski definition) is 6. The number of aromatic nitrogens is 2. The molecule has 1 saturated carbocycles. The lowest BCUT2D eigenvalue weighted by Gasteiger charge is -2.20. The van der Waals surface area contributed by atoms with Gasteiger partial charge in [0.25, 0.3) is 0 Å². The number of carbonyl (C=O) groups is 1. The molecule has 1 fully saturated rings. The van der Waals surface area contributed by atoms with Gasteiger partial charge in [0.1, 0.15) is 24.2 Å². The minimum absolute atomic E-state index is 0.102. The molecule has 1 amide bonds. The van der Waals surface area contributed by atoms with Crippen LogP contribution in [0.5, 0.6) is 5.75 Å².